The highest BCUT2D eigenvalue weighted by atomic mass is 16.5. The van der Waals surface area contributed by atoms with E-state index in [0.29, 0.717) is 12.6 Å². The number of aryl methyl sites for hydroxylation is 2. The van der Waals surface area contributed by atoms with Gasteiger partial charge in [0.15, 0.2) is 5.75 Å². The Morgan fingerprint density at radius 1 is 1.22 bits per heavy atom. The van der Waals surface area contributed by atoms with Gasteiger partial charge in [0.2, 0.25) is 0 Å². The van der Waals surface area contributed by atoms with E-state index in [1.165, 1.54) is 16.7 Å². The summed E-state index contributed by atoms with van der Waals surface area (Å²) in [5, 5.41) is 4.26. The summed E-state index contributed by atoms with van der Waals surface area (Å²) in [5.74, 6) is 0.825. The Bertz CT molecular complexity index is 509. The van der Waals surface area contributed by atoms with Crippen molar-refractivity contribution in [3.8, 4) is 5.75 Å². The van der Waals surface area contributed by atoms with Gasteiger partial charge in [0.05, 0.1) is 12.4 Å². The highest BCUT2D eigenvalue weighted by Gasteiger charge is 2.05. The SMILES string of the molecule is Cc1cccc(C)c1COc1cnn(C(C)C)c1. The molecule has 96 valence electrons. The standard InChI is InChI=1S/C15H20N2O/c1-11(2)17-9-14(8-16-17)18-10-15-12(3)6-5-7-13(15)4/h5-9,11H,10H2,1-4H3. The maximum absolute atomic E-state index is 5.80. The van der Waals surface area contributed by atoms with Crippen LogP contribution in [0.15, 0.2) is 30.6 Å². The Kier molecular flexibility index (Phi) is 3.70. The third kappa shape index (κ3) is 2.73. The lowest BCUT2D eigenvalue weighted by Gasteiger charge is -2.10. The molecule has 0 bridgehead atoms. The first kappa shape index (κ1) is 12.7. The number of aromatic nitrogens is 2. The molecular weight excluding hydrogens is 224 g/mol. The van der Waals surface area contributed by atoms with Gasteiger partial charge < -0.3 is 4.74 Å². The second-order valence-electron chi connectivity index (χ2n) is 4.91. The van der Waals surface area contributed by atoms with Crippen molar-refractivity contribution in [2.75, 3.05) is 0 Å². The first-order valence-electron chi connectivity index (χ1n) is 6.30. The minimum Gasteiger partial charge on any atom is -0.486 e. The number of benzene rings is 1. The molecule has 2 rings (SSSR count). The van der Waals surface area contributed by atoms with E-state index in [1.807, 2.05) is 10.9 Å². The molecule has 0 N–H and O–H groups in total. The number of hydrogen-bond donors (Lipinski definition) is 0. The lowest BCUT2D eigenvalue weighted by atomic mass is 10.0. The Morgan fingerprint density at radius 3 is 2.44 bits per heavy atom. The predicted octanol–water partition coefficient (Wildman–Crippen LogP) is 3.66. The minimum absolute atomic E-state index is 0.363. The van der Waals surface area contributed by atoms with E-state index in [1.54, 1.807) is 6.20 Å². The average Bonchev–Trinajstić information content (AvgIpc) is 2.77. The van der Waals surface area contributed by atoms with Crippen molar-refractivity contribution in [2.24, 2.45) is 0 Å². The van der Waals surface area contributed by atoms with E-state index in [4.69, 9.17) is 4.74 Å². The van der Waals surface area contributed by atoms with Crippen LogP contribution >= 0.6 is 0 Å². The molecule has 0 unspecified atom stereocenters. The Hall–Kier alpha value is -1.77. The molecule has 3 heteroatoms. The van der Waals surface area contributed by atoms with E-state index in [-0.39, 0.29) is 0 Å². The smallest absolute Gasteiger partial charge is 0.157 e. The summed E-state index contributed by atoms with van der Waals surface area (Å²) in [6, 6.07) is 6.67. The van der Waals surface area contributed by atoms with Crippen LogP contribution in [0.3, 0.4) is 0 Å². The monoisotopic (exact) mass is 244 g/mol. The summed E-state index contributed by atoms with van der Waals surface area (Å²) in [4.78, 5) is 0. The third-order valence-corrected chi connectivity index (χ3v) is 3.13. The second kappa shape index (κ2) is 5.25. The quantitative estimate of drug-likeness (QED) is 0.820. The first-order chi connectivity index (χ1) is 8.58. The van der Waals surface area contributed by atoms with Gasteiger partial charge in [0.1, 0.15) is 6.61 Å². The zero-order valence-corrected chi connectivity index (χ0v) is 11.5. The molecule has 0 spiro atoms. The van der Waals surface area contributed by atoms with Crippen LogP contribution in [0.1, 0.15) is 36.6 Å². The molecule has 0 atom stereocenters. The number of ether oxygens (including phenoxy) is 1. The molecule has 0 saturated carbocycles. The van der Waals surface area contributed by atoms with Gasteiger partial charge in [-0.25, -0.2) is 0 Å². The molecule has 0 aliphatic rings. The average molecular weight is 244 g/mol. The maximum atomic E-state index is 5.80. The van der Waals surface area contributed by atoms with Crippen LogP contribution in [-0.2, 0) is 6.61 Å². The van der Waals surface area contributed by atoms with Gasteiger partial charge in [-0.05, 0) is 44.4 Å². The number of rotatable bonds is 4. The Labute approximate surface area is 108 Å². The zero-order chi connectivity index (χ0) is 13.1. The van der Waals surface area contributed by atoms with Gasteiger partial charge >= 0.3 is 0 Å². The van der Waals surface area contributed by atoms with E-state index in [2.05, 4.69) is 51.0 Å². The summed E-state index contributed by atoms with van der Waals surface area (Å²) >= 11 is 0. The summed E-state index contributed by atoms with van der Waals surface area (Å²) < 4.78 is 7.70. The highest BCUT2D eigenvalue weighted by molar-refractivity contribution is 5.33. The van der Waals surface area contributed by atoms with Crippen molar-refractivity contribution < 1.29 is 4.74 Å². The van der Waals surface area contributed by atoms with Crippen LogP contribution in [0.5, 0.6) is 5.75 Å². The molecule has 0 aliphatic carbocycles. The van der Waals surface area contributed by atoms with E-state index < -0.39 is 0 Å². The van der Waals surface area contributed by atoms with E-state index in [0.717, 1.165) is 5.75 Å². The van der Waals surface area contributed by atoms with Crippen molar-refractivity contribution >= 4 is 0 Å². The molecule has 1 aromatic carbocycles. The fourth-order valence-corrected chi connectivity index (χ4v) is 1.91. The van der Waals surface area contributed by atoms with Gasteiger partial charge in [-0.1, -0.05) is 18.2 Å². The van der Waals surface area contributed by atoms with Crippen LogP contribution < -0.4 is 4.74 Å². The molecule has 0 saturated heterocycles. The highest BCUT2D eigenvalue weighted by Crippen LogP contribution is 2.18. The first-order valence-corrected chi connectivity index (χ1v) is 6.30. The normalized spacial score (nSPS) is 10.9. The van der Waals surface area contributed by atoms with Crippen LogP contribution in [0.25, 0.3) is 0 Å². The molecule has 3 nitrogen and oxygen atoms in total. The largest absolute Gasteiger partial charge is 0.486 e. The molecule has 0 aliphatic heterocycles. The summed E-state index contributed by atoms with van der Waals surface area (Å²) in [6.45, 7) is 9.03. The van der Waals surface area contributed by atoms with Crippen LogP contribution in [-0.4, -0.2) is 9.78 Å². The number of hydrogen-bond acceptors (Lipinski definition) is 2. The molecule has 1 heterocycles. The van der Waals surface area contributed by atoms with Crippen molar-refractivity contribution in [3.63, 3.8) is 0 Å². The predicted molar refractivity (Wildman–Crippen MR) is 72.9 cm³/mol. The fraction of sp³-hybridized carbons (Fsp3) is 0.400. The van der Waals surface area contributed by atoms with Crippen molar-refractivity contribution in [2.45, 2.75) is 40.3 Å². The molecular formula is C15H20N2O. The topological polar surface area (TPSA) is 27.1 Å². The minimum atomic E-state index is 0.363. The van der Waals surface area contributed by atoms with Gasteiger partial charge in [-0.3, -0.25) is 4.68 Å². The van der Waals surface area contributed by atoms with E-state index >= 15 is 0 Å². The summed E-state index contributed by atoms with van der Waals surface area (Å²) in [7, 11) is 0. The Balaban J connectivity index is 2.07. The zero-order valence-electron chi connectivity index (χ0n) is 11.5. The van der Waals surface area contributed by atoms with Crippen molar-refractivity contribution in [1.82, 2.24) is 9.78 Å². The van der Waals surface area contributed by atoms with Gasteiger partial charge in [-0.2, -0.15) is 5.10 Å². The van der Waals surface area contributed by atoms with Crippen LogP contribution in [0.2, 0.25) is 0 Å². The van der Waals surface area contributed by atoms with Crippen LogP contribution in [0, 0.1) is 13.8 Å². The van der Waals surface area contributed by atoms with Gasteiger partial charge in [0.25, 0.3) is 0 Å². The van der Waals surface area contributed by atoms with Gasteiger partial charge in [-0.15, -0.1) is 0 Å². The molecule has 0 radical (unpaired) electrons. The summed E-state index contributed by atoms with van der Waals surface area (Å²) in [5.41, 5.74) is 3.80. The second-order valence-corrected chi connectivity index (χ2v) is 4.91. The molecule has 1 aromatic heterocycles. The van der Waals surface area contributed by atoms with Crippen molar-refractivity contribution in [3.05, 3.63) is 47.3 Å². The third-order valence-electron chi connectivity index (χ3n) is 3.13. The fourth-order valence-electron chi connectivity index (χ4n) is 1.91. The Morgan fingerprint density at radius 2 is 1.89 bits per heavy atom. The molecule has 0 fully saturated rings. The summed E-state index contributed by atoms with van der Waals surface area (Å²) in [6.07, 6.45) is 3.71. The van der Waals surface area contributed by atoms with Crippen LogP contribution in [0.4, 0.5) is 0 Å². The van der Waals surface area contributed by atoms with E-state index in [9.17, 15) is 0 Å². The lowest BCUT2D eigenvalue weighted by molar-refractivity contribution is 0.304. The number of nitrogens with zero attached hydrogens (tertiary/aromatic N) is 2. The maximum Gasteiger partial charge on any atom is 0.157 e. The molecule has 18 heavy (non-hydrogen) atoms. The van der Waals surface area contributed by atoms with Crippen molar-refractivity contribution in [1.29, 1.82) is 0 Å². The molecule has 2 aromatic rings. The molecule has 0 amide bonds. The lowest BCUT2D eigenvalue weighted by Crippen LogP contribution is -2.01. The van der Waals surface area contributed by atoms with Gasteiger partial charge in [0, 0.05) is 6.04 Å².